The van der Waals surface area contributed by atoms with Crippen LogP contribution in [0.15, 0.2) is 121 Å². The standard InChI is InChI=1S/C31H32P2/c1-25(32(26-15-6-2-7-16-26)27-17-8-3-9-18-27)30-23-14-24-31(30)33(28-19-10-4-11-20-28)29-21-12-5-13-22-29/h2-13,15-22,25,30-31H,14,23-24H2,1H3. The Kier molecular flexibility index (Phi) is 7.36. The van der Waals surface area contributed by atoms with Crippen molar-refractivity contribution < 1.29 is 0 Å². The zero-order chi connectivity index (χ0) is 22.5. The average Bonchev–Trinajstić information content (AvgIpc) is 3.36. The van der Waals surface area contributed by atoms with Crippen LogP contribution in [-0.4, -0.2) is 11.3 Å². The lowest BCUT2D eigenvalue weighted by molar-refractivity contribution is 0.548. The molecule has 33 heavy (non-hydrogen) atoms. The third kappa shape index (κ3) is 4.99. The van der Waals surface area contributed by atoms with E-state index in [-0.39, 0.29) is 7.92 Å². The second-order valence-electron chi connectivity index (χ2n) is 8.98. The topological polar surface area (TPSA) is 0 Å². The third-order valence-electron chi connectivity index (χ3n) is 7.03. The molecule has 3 atom stereocenters. The van der Waals surface area contributed by atoms with E-state index in [0.29, 0.717) is 5.66 Å². The molecule has 4 aromatic carbocycles. The average molecular weight is 467 g/mol. The molecule has 0 heterocycles. The van der Waals surface area contributed by atoms with Gasteiger partial charge in [-0.05, 0) is 67.1 Å². The maximum Gasteiger partial charge on any atom is -0.00943 e. The zero-order valence-electron chi connectivity index (χ0n) is 19.3. The van der Waals surface area contributed by atoms with Gasteiger partial charge in [-0.15, -0.1) is 0 Å². The molecule has 2 heteroatoms. The Hall–Kier alpha value is -2.26. The van der Waals surface area contributed by atoms with Crippen molar-refractivity contribution in [2.75, 3.05) is 0 Å². The molecule has 1 aliphatic rings. The maximum atomic E-state index is 2.55. The minimum atomic E-state index is -0.402. The van der Waals surface area contributed by atoms with E-state index in [9.17, 15) is 0 Å². The summed E-state index contributed by atoms with van der Waals surface area (Å²) < 4.78 is 0. The van der Waals surface area contributed by atoms with Crippen LogP contribution in [0.25, 0.3) is 0 Å². The van der Waals surface area contributed by atoms with Crippen LogP contribution >= 0.6 is 15.8 Å². The van der Waals surface area contributed by atoms with Gasteiger partial charge in [-0.3, -0.25) is 0 Å². The highest BCUT2D eigenvalue weighted by Crippen LogP contribution is 2.56. The van der Waals surface area contributed by atoms with Crippen molar-refractivity contribution >= 4 is 37.1 Å². The second-order valence-corrected chi connectivity index (χ2v) is 14.0. The first-order chi connectivity index (χ1) is 16.3. The summed E-state index contributed by atoms with van der Waals surface area (Å²) in [4.78, 5) is 0. The Morgan fingerprint density at radius 2 is 0.939 bits per heavy atom. The van der Waals surface area contributed by atoms with Gasteiger partial charge in [-0.1, -0.05) is 135 Å². The molecule has 5 rings (SSSR count). The molecule has 0 saturated heterocycles. The van der Waals surface area contributed by atoms with E-state index in [2.05, 4.69) is 128 Å². The highest BCUT2D eigenvalue weighted by Gasteiger charge is 2.40. The highest BCUT2D eigenvalue weighted by molar-refractivity contribution is 7.74. The zero-order valence-corrected chi connectivity index (χ0v) is 21.1. The normalized spacial score (nSPS) is 19.1. The number of hydrogen-bond acceptors (Lipinski definition) is 0. The molecule has 166 valence electrons. The summed E-state index contributed by atoms with van der Waals surface area (Å²) in [6, 6.07) is 45.3. The molecule has 0 nitrogen and oxygen atoms in total. The van der Waals surface area contributed by atoms with Crippen LogP contribution in [0.5, 0.6) is 0 Å². The molecule has 0 amide bonds. The molecule has 3 unspecified atom stereocenters. The highest BCUT2D eigenvalue weighted by atomic mass is 31.1. The van der Waals surface area contributed by atoms with E-state index in [1.165, 1.54) is 40.5 Å². The molecule has 0 radical (unpaired) electrons. The number of rotatable bonds is 7. The van der Waals surface area contributed by atoms with E-state index in [1.807, 2.05) is 0 Å². The Morgan fingerprint density at radius 1 is 0.545 bits per heavy atom. The Morgan fingerprint density at radius 3 is 1.36 bits per heavy atom. The van der Waals surface area contributed by atoms with Crippen LogP contribution in [0.2, 0.25) is 0 Å². The number of benzene rings is 4. The SMILES string of the molecule is CC(C1CCCC1P(c1ccccc1)c1ccccc1)P(c1ccccc1)c1ccccc1. The summed E-state index contributed by atoms with van der Waals surface area (Å²) in [5.41, 5.74) is 1.38. The van der Waals surface area contributed by atoms with Crippen LogP contribution < -0.4 is 21.2 Å². The van der Waals surface area contributed by atoms with E-state index >= 15 is 0 Å². The minimum Gasteiger partial charge on any atom is -0.0622 e. The Balaban J connectivity index is 1.54. The predicted molar refractivity (Wildman–Crippen MR) is 149 cm³/mol. The van der Waals surface area contributed by atoms with E-state index in [1.54, 1.807) is 0 Å². The van der Waals surface area contributed by atoms with Gasteiger partial charge >= 0.3 is 0 Å². The molecular formula is C31H32P2. The van der Waals surface area contributed by atoms with Crippen molar-refractivity contribution in [1.29, 1.82) is 0 Å². The second kappa shape index (κ2) is 10.8. The van der Waals surface area contributed by atoms with Crippen molar-refractivity contribution in [2.45, 2.75) is 37.5 Å². The summed E-state index contributed by atoms with van der Waals surface area (Å²) >= 11 is 0. The molecule has 0 spiro atoms. The lowest BCUT2D eigenvalue weighted by atomic mass is 10.0. The molecule has 0 bridgehead atoms. The van der Waals surface area contributed by atoms with Gasteiger partial charge in [0.15, 0.2) is 0 Å². The van der Waals surface area contributed by atoms with Gasteiger partial charge in [0, 0.05) is 0 Å². The van der Waals surface area contributed by atoms with E-state index in [0.717, 1.165) is 11.6 Å². The first kappa shape index (κ1) is 22.5. The summed E-state index contributed by atoms with van der Waals surface area (Å²) in [7, 11) is -0.778. The quantitative estimate of drug-likeness (QED) is 0.263. The van der Waals surface area contributed by atoms with Gasteiger partial charge < -0.3 is 0 Å². The van der Waals surface area contributed by atoms with Crippen molar-refractivity contribution in [1.82, 2.24) is 0 Å². The summed E-state index contributed by atoms with van der Waals surface area (Å²) in [6.45, 7) is 2.55. The fourth-order valence-electron chi connectivity index (χ4n) is 5.55. The Bertz CT molecular complexity index is 1030. The van der Waals surface area contributed by atoms with Gasteiger partial charge in [-0.25, -0.2) is 0 Å². The van der Waals surface area contributed by atoms with Gasteiger partial charge in [0.2, 0.25) is 0 Å². The first-order valence-electron chi connectivity index (χ1n) is 12.1. The monoisotopic (exact) mass is 466 g/mol. The lowest BCUT2D eigenvalue weighted by Crippen LogP contribution is -2.33. The largest absolute Gasteiger partial charge is 0.0622 e. The van der Waals surface area contributed by atoms with Crippen LogP contribution in [0.4, 0.5) is 0 Å². The van der Waals surface area contributed by atoms with Gasteiger partial charge in [0.25, 0.3) is 0 Å². The smallest absolute Gasteiger partial charge is 0.00943 e. The van der Waals surface area contributed by atoms with Crippen LogP contribution in [-0.2, 0) is 0 Å². The minimum absolute atomic E-state index is 0.376. The molecule has 1 aliphatic carbocycles. The van der Waals surface area contributed by atoms with Crippen molar-refractivity contribution in [2.24, 2.45) is 5.92 Å². The van der Waals surface area contributed by atoms with Gasteiger partial charge in [0.05, 0.1) is 0 Å². The predicted octanol–water partition coefficient (Wildman–Crippen LogP) is 6.81. The summed E-state index contributed by atoms with van der Waals surface area (Å²) in [5.74, 6) is 0.739. The molecule has 0 aliphatic heterocycles. The molecule has 0 N–H and O–H groups in total. The first-order valence-corrected chi connectivity index (χ1v) is 14.9. The van der Waals surface area contributed by atoms with Crippen molar-refractivity contribution in [3.8, 4) is 0 Å². The maximum absolute atomic E-state index is 2.55. The molecular weight excluding hydrogens is 434 g/mol. The van der Waals surface area contributed by atoms with Crippen LogP contribution in [0.1, 0.15) is 26.2 Å². The molecule has 4 aromatic rings. The summed E-state index contributed by atoms with van der Waals surface area (Å²) in [5, 5.41) is 6.10. The third-order valence-corrected chi connectivity index (χ3v) is 12.9. The van der Waals surface area contributed by atoms with Crippen molar-refractivity contribution in [3.63, 3.8) is 0 Å². The van der Waals surface area contributed by atoms with Gasteiger partial charge in [0.1, 0.15) is 0 Å². The molecule has 0 aromatic heterocycles. The number of hydrogen-bond donors (Lipinski definition) is 0. The summed E-state index contributed by atoms with van der Waals surface area (Å²) in [6.07, 6.45) is 4.05. The lowest BCUT2D eigenvalue weighted by Gasteiger charge is -2.37. The van der Waals surface area contributed by atoms with E-state index < -0.39 is 7.92 Å². The fraction of sp³-hybridized carbons (Fsp3) is 0.226. The fourth-order valence-corrected chi connectivity index (χ4v) is 11.9. The molecule has 1 saturated carbocycles. The van der Waals surface area contributed by atoms with Crippen molar-refractivity contribution in [3.05, 3.63) is 121 Å². The Labute approximate surface area is 201 Å². The van der Waals surface area contributed by atoms with Crippen LogP contribution in [0.3, 0.4) is 0 Å². The molecule has 1 fully saturated rings. The van der Waals surface area contributed by atoms with Crippen LogP contribution in [0, 0.1) is 5.92 Å². The van der Waals surface area contributed by atoms with Gasteiger partial charge in [-0.2, -0.15) is 0 Å². The van der Waals surface area contributed by atoms with E-state index in [4.69, 9.17) is 0 Å².